The summed E-state index contributed by atoms with van der Waals surface area (Å²) in [6.07, 6.45) is 0.179. The minimum atomic E-state index is -3.89. The molecule has 166 valence electrons. The molecule has 0 spiro atoms. The normalized spacial score (nSPS) is 14.4. The van der Waals surface area contributed by atoms with Crippen LogP contribution in [0.15, 0.2) is 47.4 Å². The third-order valence-corrected chi connectivity index (χ3v) is 6.40. The van der Waals surface area contributed by atoms with Gasteiger partial charge in [0.15, 0.2) is 0 Å². The van der Waals surface area contributed by atoms with Crippen LogP contribution in [0.3, 0.4) is 0 Å². The molecule has 0 aromatic heterocycles. The number of benzene rings is 2. The first-order valence-corrected chi connectivity index (χ1v) is 11.5. The molecule has 1 N–H and O–H groups in total. The van der Waals surface area contributed by atoms with Gasteiger partial charge in [0, 0.05) is 19.4 Å². The van der Waals surface area contributed by atoms with Gasteiger partial charge in [-0.3, -0.25) is 9.59 Å². The Labute approximate surface area is 182 Å². The van der Waals surface area contributed by atoms with Crippen molar-refractivity contribution in [3.05, 3.63) is 48.0 Å². The molecular weight excluding hydrogens is 420 g/mol. The van der Waals surface area contributed by atoms with Gasteiger partial charge in [0.1, 0.15) is 18.1 Å². The SMILES string of the molecule is COc1ccc(S(=O)(=O)NCCOc2ccccc2C(C)C)cc1N1C(=O)CCC1=O. The van der Waals surface area contributed by atoms with Crippen molar-refractivity contribution in [2.45, 2.75) is 37.5 Å². The summed E-state index contributed by atoms with van der Waals surface area (Å²) in [4.78, 5) is 25.1. The van der Waals surface area contributed by atoms with Crippen LogP contribution in [-0.4, -0.2) is 40.5 Å². The van der Waals surface area contributed by atoms with E-state index in [2.05, 4.69) is 18.6 Å². The number of hydrogen-bond acceptors (Lipinski definition) is 6. The zero-order valence-corrected chi connectivity index (χ0v) is 18.6. The molecular formula is C22H26N2O6S. The molecule has 9 heteroatoms. The fourth-order valence-corrected chi connectivity index (χ4v) is 4.40. The topological polar surface area (TPSA) is 102 Å². The molecule has 0 atom stereocenters. The molecule has 2 aromatic carbocycles. The van der Waals surface area contributed by atoms with Gasteiger partial charge in [-0.05, 0) is 35.7 Å². The van der Waals surface area contributed by atoms with Crippen LogP contribution in [-0.2, 0) is 19.6 Å². The zero-order valence-electron chi connectivity index (χ0n) is 17.8. The zero-order chi connectivity index (χ0) is 22.6. The number of nitrogens with zero attached hydrogens (tertiary/aromatic N) is 1. The molecule has 31 heavy (non-hydrogen) atoms. The van der Waals surface area contributed by atoms with E-state index >= 15 is 0 Å². The van der Waals surface area contributed by atoms with E-state index in [-0.39, 0.29) is 60.1 Å². The molecule has 1 aliphatic heterocycles. The average molecular weight is 447 g/mol. The Morgan fingerprint density at radius 2 is 1.71 bits per heavy atom. The highest BCUT2D eigenvalue weighted by Gasteiger charge is 2.33. The van der Waals surface area contributed by atoms with Crippen molar-refractivity contribution in [2.75, 3.05) is 25.2 Å². The van der Waals surface area contributed by atoms with Crippen molar-refractivity contribution in [1.82, 2.24) is 4.72 Å². The maximum atomic E-state index is 12.8. The van der Waals surface area contributed by atoms with E-state index in [1.165, 1.54) is 25.3 Å². The molecule has 3 rings (SSSR count). The van der Waals surface area contributed by atoms with Crippen LogP contribution in [0.1, 0.15) is 38.2 Å². The van der Waals surface area contributed by atoms with Crippen molar-refractivity contribution in [1.29, 1.82) is 0 Å². The molecule has 8 nitrogen and oxygen atoms in total. The molecule has 0 bridgehead atoms. The lowest BCUT2D eigenvalue weighted by molar-refractivity contribution is -0.121. The second kappa shape index (κ2) is 9.49. The van der Waals surface area contributed by atoms with Crippen molar-refractivity contribution in [2.24, 2.45) is 0 Å². The van der Waals surface area contributed by atoms with Crippen molar-refractivity contribution >= 4 is 27.5 Å². The number of anilines is 1. The molecule has 0 saturated carbocycles. The summed E-state index contributed by atoms with van der Waals surface area (Å²) in [7, 11) is -2.50. The number of amides is 2. The van der Waals surface area contributed by atoms with Gasteiger partial charge >= 0.3 is 0 Å². The Bertz CT molecular complexity index is 1070. The highest BCUT2D eigenvalue weighted by molar-refractivity contribution is 7.89. The summed E-state index contributed by atoms with van der Waals surface area (Å²) in [6, 6.07) is 11.7. The molecule has 0 unspecified atom stereocenters. The Morgan fingerprint density at radius 3 is 2.35 bits per heavy atom. The molecule has 0 radical (unpaired) electrons. The molecule has 2 amide bonds. The van der Waals surface area contributed by atoms with Gasteiger partial charge in [0.2, 0.25) is 21.8 Å². The van der Waals surface area contributed by atoms with Crippen LogP contribution in [0.2, 0.25) is 0 Å². The lowest BCUT2D eigenvalue weighted by Gasteiger charge is -2.18. The minimum absolute atomic E-state index is 0.0533. The summed E-state index contributed by atoms with van der Waals surface area (Å²) in [5, 5.41) is 0. The highest BCUT2D eigenvalue weighted by Crippen LogP contribution is 2.34. The van der Waals surface area contributed by atoms with Gasteiger partial charge in [-0.1, -0.05) is 32.0 Å². The average Bonchev–Trinajstić information content (AvgIpc) is 3.08. The number of carbonyl (C=O) groups is 2. The smallest absolute Gasteiger partial charge is 0.240 e. The monoisotopic (exact) mass is 446 g/mol. The number of hydrogen-bond donors (Lipinski definition) is 1. The number of sulfonamides is 1. The quantitative estimate of drug-likeness (QED) is 0.469. The Morgan fingerprint density at radius 1 is 1.03 bits per heavy atom. The van der Waals surface area contributed by atoms with E-state index in [0.717, 1.165) is 16.2 Å². The first-order valence-electron chi connectivity index (χ1n) is 10.00. The van der Waals surface area contributed by atoms with Gasteiger partial charge in [-0.15, -0.1) is 0 Å². The first-order chi connectivity index (χ1) is 14.7. The molecule has 2 aromatic rings. The number of rotatable bonds is 9. The molecule has 1 fully saturated rings. The molecule has 0 aliphatic carbocycles. The Balaban J connectivity index is 1.72. The number of ether oxygens (including phenoxy) is 2. The lowest BCUT2D eigenvalue weighted by Crippen LogP contribution is -2.31. The fraction of sp³-hybridized carbons (Fsp3) is 0.364. The number of methoxy groups -OCH3 is 1. The van der Waals surface area contributed by atoms with Gasteiger partial charge < -0.3 is 9.47 Å². The summed E-state index contributed by atoms with van der Waals surface area (Å²) in [6.45, 7) is 4.32. The van der Waals surface area contributed by atoms with Gasteiger partial charge in [0.05, 0.1) is 17.7 Å². The van der Waals surface area contributed by atoms with E-state index < -0.39 is 10.0 Å². The third-order valence-electron chi connectivity index (χ3n) is 4.95. The second-order valence-corrected chi connectivity index (χ2v) is 9.16. The van der Waals surface area contributed by atoms with Gasteiger partial charge in [-0.2, -0.15) is 0 Å². The van der Waals surface area contributed by atoms with Gasteiger partial charge in [-0.25, -0.2) is 18.0 Å². The van der Waals surface area contributed by atoms with Crippen LogP contribution in [0.25, 0.3) is 0 Å². The summed E-state index contributed by atoms with van der Waals surface area (Å²) < 4.78 is 39.0. The third kappa shape index (κ3) is 5.05. The van der Waals surface area contributed by atoms with Crippen LogP contribution >= 0.6 is 0 Å². The fourth-order valence-electron chi connectivity index (χ4n) is 3.37. The number of para-hydroxylation sites is 1. The van der Waals surface area contributed by atoms with E-state index in [9.17, 15) is 18.0 Å². The molecule has 1 aliphatic rings. The maximum absolute atomic E-state index is 12.8. The van der Waals surface area contributed by atoms with E-state index in [4.69, 9.17) is 9.47 Å². The van der Waals surface area contributed by atoms with Crippen LogP contribution < -0.4 is 19.1 Å². The van der Waals surface area contributed by atoms with Crippen molar-refractivity contribution < 1.29 is 27.5 Å². The molecule has 1 saturated heterocycles. The van der Waals surface area contributed by atoms with Crippen molar-refractivity contribution in [3.8, 4) is 11.5 Å². The molecule has 1 heterocycles. The van der Waals surface area contributed by atoms with Crippen LogP contribution in [0.4, 0.5) is 5.69 Å². The first kappa shape index (κ1) is 22.8. The lowest BCUT2D eigenvalue weighted by atomic mass is 10.0. The van der Waals surface area contributed by atoms with E-state index in [1.54, 1.807) is 0 Å². The van der Waals surface area contributed by atoms with Crippen LogP contribution in [0.5, 0.6) is 11.5 Å². The van der Waals surface area contributed by atoms with Crippen LogP contribution in [0, 0.1) is 0 Å². The predicted molar refractivity (Wildman–Crippen MR) is 116 cm³/mol. The standard InChI is InChI=1S/C22H26N2O6S/c1-15(2)17-6-4-5-7-19(17)30-13-12-23-31(27,28)16-8-9-20(29-3)18(14-16)24-21(25)10-11-22(24)26/h4-9,14-15,23H,10-13H2,1-3H3. The summed E-state index contributed by atoms with van der Waals surface area (Å²) in [5.74, 6) is 0.471. The predicted octanol–water partition coefficient (Wildman–Crippen LogP) is 2.83. The number of nitrogens with one attached hydrogen (secondary N) is 1. The van der Waals surface area contributed by atoms with Crippen molar-refractivity contribution in [3.63, 3.8) is 0 Å². The van der Waals surface area contributed by atoms with E-state index in [1.807, 2.05) is 24.3 Å². The second-order valence-electron chi connectivity index (χ2n) is 7.40. The number of imide groups is 1. The Hall–Kier alpha value is -2.91. The minimum Gasteiger partial charge on any atom is -0.495 e. The Kier molecular flexibility index (Phi) is 6.97. The largest absolute Gasteiger partial charge is 0.495 e. The highest BCUT2D eigenvalue weighted by atomic mass is 32.2. The summed E-state index contributed by atoms with van der Waals surface area (Å²) >= 11 is 0. The maximum Gasteiger partial charge on any atom is 0.240 e. The summed E-state index contributed by atoms with van der Waals surface area (Å²) in [5.41, 5.74) is 1.17. The number of carbonyl (C=O) groups excluding carboxylic acids is 2. The van der Waals surface area contributed by atoms with Gasteiger partial charge in [0.25, 0.3) is 0 Å². The van der Waals surface area contributed by atoms with E-state index in [0.29, 0.717) is 0 Å².